The van der Waals surface area contributed by atoms with E-state index < -0.39 is 17.7 Å². The molecule has 2 aromatic rings. The standard InChI is InChI=1S/C15H18ClF2N3/c1-4-11-15(16)13(21(3)20-11)8-12(19-2)14-9(17)6-5-7-10(14)18/h5-7,12,19H,4,8H2,1-3H3. The maximum Gasteiger partial charge on any atom is 0.130 e. The number of aryl methyl sites for hydroxylation is 2. The maximum absolute atomic E-state index is 13.9. The number of hydrogen-bond acceptors (Lipinski definition) is 2. The van der Waals surface area contributed by atoms with E-state index in [-0.39, 0.29) is 5.56 Å². The third-order valence-corrected chi connectivity index (χ3v) is 4.03. The molecule has 3 nitrogen and oxygen atoms in total. The first-order chi connectivity index (χ1) is 9.99. The van der Waals surface area contributed by atoms with Gasteiger partial charge in [0.05, 0.1) is 16.4 Å². The molecule has 1 N–H and O–H groups in total. The topological polar surface area (TPSA) is 29.9 Å². The average molecular weight is 314 g/mol. The van der Waals surface area contributed by atoms with Gasteiger partial charge in [0.1, 0.15) is 11.6 Å². The molecule has 114 valence electrons. The van der Waals surface area contributed by atoms with E-state index in [9.17, 15) is 8.78 Å². The van der Waals surface area contributed by atoms with Gasteiger partial charge in [0.15, 0.2) is 0 Å². The highest BCUT2D eigenvalue weighted by atomic mass is 35.5. The van der Waals surface area contributed by atoms with E-state index in [1.165, 1.54) is 18.2 Å². The fourth-order valence-corrected chi connectivity index (χ4v) is 2.80. The molecule has 0 aliphatic carbocycles. The normalized spacial score (nSPS) is 12.7. The minimum absolute atomic E-state index is 0.0234. The second-order valence-corrected chi connectivity index (χ2v) is 5.24. The number of halogens is 3. The number of nitrogens with one attached hydrogen (secondary N) is 1. The van der Waals surface area contributed by atoms with Crippen LogP contribution in [0.4, 0.5) is 8.78 Å². The monoisotopic (exact) mass is 313 g/mol. The summed E-state index contributed by atoms with van der Waals surface area (Å²) in [4.78, 5) is 0. The molecule has 0 saturated heterocycles. The molecule has 2 rings (SSSR count). The van der Waals surface area contributed by atoms with Gasteiger partial charge in [-0.05, 0) is 25.6 Å². The molecule has 0 aliphatic rings. The van der Waals surface area contributed by atoms with E-state index in [4.69, 9.17) is 11.6 Å². The van der Waals surface area contributed by atoms with Crippen LogP contribution in [0.5, 0.6) is 0 Å². The van der Waals surface area contributed by atoms with Crippen LogP contribution in [0.2, 0.25) is 5.02 Å². The molecule has 0 spiro atoms. The summed E-state index contributed by atoms with van der Waals surface area (Å²) in [6.07, 6.45) is 1.07. The Morgan fingerprint density at radius 3 is 2.43 bits per heavy atom. The first-order valence-corrected chi connectivity index (χ1v) is 7.18. The first kappa shape index (κ1) is 15.9. The summed E-state index contributed by atoms with van der Waals surface area (Å²) in [6, 6.07) is 3.35. The van der Waals surface area contributed by atoms with Gasteiger partial charge in [0.2, 0.25) is 0 Å². The average Bonchev–Trinajstić information content (AvgIpc) is 2.72. The molecule has 0 amide bonds. The highest BCUT2D eigenvalue weighted by Crippen LogP contribution is 2.28. The van der Waals surface area contributed by atoms with Crippen LogP contribution < -0.4 is 5.32 Å². The van der Waals surface area contributed by atoms with E-state index in [1.807, 2.05) is 6.92 Å². The molecule has 0 fully saturated rings. The van der Waals surface area contributed by atoms with Crippen LogP contribution in [0, 0.1) is 11.6 Å². The third kappa shape index (κ3) is 3.09. The quantitative estimate of drug-likeness (QED) is 0.916. The highest BCUT2D eigenvalue weighted by molar-refractivity contribution is 6.31. The van der Waals surface area contributed by atoms with Crippen molar-refractivity contribution in [2.45, 2.75) is 25.8 Å². The van der Waals surface area contributed by atoms with Gasteiger partial charge in [-0.25, -0.2) is 8.78 Å². The molecule has 1 aromatic heterocycles. The van der Waals surface area contributed by atoms with Crippen LogP contribution in [0.1, 0.15) is 29.9 Å². The van der Waals surface area contributed by atoms with Gasteiger partial charge in [-0.3, -0.25) is 4.68 Å². The van der Waals surface area contributed by atoms with Crippen molar-refractivity contribution in [3.05, 3.63) is 51.8 Å². The zero-order chi connectivity index (χ0) is 15.6. The molecule has 1 heterocycles. The number of aromatic nitrogens is 2. The lowest BCUT2D eigenvalue weighted by atomic mass is 10.0. The van der Waals surface area contributed by atoms with Crippen LogP contribution in [0.15, 0.2) is 18.2 Å². The molecule has 1 aromatic carbocycles. The van der Waals surface area contributed by atoms with Crippen LogP contribution in [0.25, 0.3) is 0 Å². The maximum atomic E-state index is 13.9. The second kappa shape index (κ2) is 6.54. The number of nitrogens with zero attached hydrogens (tertiary/aromatic N) is 2. The van der Waals surface area contributed by atoms with Crippen LogP contribution >= 0.6 is 11.6 Å². The zero-order valence-electron chi connectivity index (χ0n) is 12.3. The molecule has 6 heteroatoms. The summed E-state index contributed by atoms with van der Waals surface area (Å²) >= 11 is 6.30. The first-order valence-electron chi connectivity index (χ1n) is 6.81. The van der Waals surface area contributed by atoms with Gasteiger partial charge in [-0.15, -0.1) is 0 Å². The van der Waals surface area contributed by atoms with E-state index in [0.717, 1.165) is 11.4 Å². The van der Waals surface area contributed by atoms with Crippen molar-refractivity contribution in [3.8, 4) is 0 Å². The van der Waals surface area contributed by atoms with Crippen molar-refractivity contribution in [1.29, 1.82) is 0 Å². The SMILES string of the molecule is CCc1nn(C)c(CC(NC)c2c(F)cccc2F)c1Cl. The highest BCUT2D eigenvalue weighted by Gasteiger charge is 2.23. The Hall–Kier alpha value is -1.46. The third-order valence-electron chi connectivity index (χ3n) is 3.60. The van der Waals surface area contributed by atoms with Crippen molar-refractivity contribution in [2.24, 2.45) is 7.05 Å². The van der Waals surface area contributed by atoms with E-state index in [1.54, 1.807) is 18.8 Å². The summed E-state index contributed by atoms with van der Waals surface area (Å²) in [6.45, 7) is 1.96. The van der Waals surface area contributed by atoms with Crippen LogP contribution in [0.3, 0.4) is 0 Å². The Morgan fingerprint density at radius 1 is 1.33 bits per heavy atom. The minimum atomic E-state index is -0.566. The smallest absolute Gasteiger partial charge is 0.130 e. The predicted octanol–water partition coefficient (Wildman–Crippen LogP) is 3.42. The van der Waals surface area contributed by atoms with Crippen molar-refractivity contribution < 1.29 is 8.78 Å². The summed E-state index contributed by atoms with van der Waals surface area (Å²) in [7, 11) is 3.45. The lowest BCUT2D eigenvalue weighted by Gasteiger charge is -2.18. The molecule has 0 bridgehead atoms. The molecule has 1 atom stereocenters. The summed E-state index contributed by atoms with van der Waals surface area (Å²) in [5.41, 5.74) is 1.57. The van der Waals surface area contributed by atoms with Crippen LogP contribution in [-0.4, -0.2) is 16.8 Å². The summed E-state index contributed by atoms with van der Waals surface area (Å²) < 4.78 is 29.5. The van der Waals surface area contributed by atoms with Gasteiger partial charge in [-0.2, -0.15) is 5.10 Å². The fourth-order valence-electron chi connectivity index (χ4n) is 2.43. The van der Waals surface area contributed by atoms with E-state index in [2.05, 4.69) is 10.4 Å². The van der Waals surface area contributed by atoms with Crippen molar-refractivity contribution in [1.82, 2.24) is 15.1 Å². The summed E-state index contributed by atoms with van der Waals surface area (Å²) in [5.74, 6) is -1.13. The molecule has 1 unspecified atom stereocenters. The molecule has 0 saturated carbocycles. The van der Waals surface area contributed by atoms with Crippen molar-refractivity contribution >= 4 is 11.6 Å². The number of likely N-dealkylation sites (N-methyl/N-ethyl adjacent to an activating group) is 1. The predicted molar refractivity (Wildman–Crippen MR) is 79.5 cm³/mol. The Bertz CT molecular complexity index is 620. The Kier molecular flexibility index (Phi) is 4.96. The number of rotatable bonds is 5. The lowest BCUT2D eigenvalue weighted by Crippen LogP contribution is -2.22. The fraction of sp³-hybridized carbons (Fsp3) is 0.400. The van der Waals surface area contributed by atoms with Crippen LogP contribution in [-0.2, 0) is 19.9 Å². The van der Waals surface area contributed by atoms with Gasteiger partial charge in [0, 0.05) is 25.1 Å². The Morgan fingerprint density at radius 2 is 1.95 bits per heavy atom. The lowest BCUT2D eigenvalue weighted by molar-refractivity contribution is 0.481. The van der Waals surface area contributed by atoms with E-state index in [0.29, 0.717) is 17.9 Å². The zero-order valence-corrected chi connectivity index (χ0v) is 13.0. The van der Waals surface area contributed by atoms with Gasteiger partial charge in [-0.1, -0.05) is 24.6 Å². The largest absolute Gasteiger partial charge is 0.312 e. The summed E-state index contributed by atoms with van der Waals surface area (Å²) in [5, 5.41) is 7.84. The van der Waals surface area contributed by atoms with Crippen molar-refractivity contribution in [2.75, 3.05) is 7.05 Å². The Labute approximate surface area is 127 Å². The molecular weight excluding hydrogens is 296 g/mol. The molecular formula is C15H18ClF2N3. The minimum Gasteiger partial charge on any atom is -0.312 e. The van der Waals surface area contributed by atoms with Gasteiger partial charge >= 0.3 is 0 Å². The number of hydrogen-bond donors (Lipinski definition) is 1. The Balaban J connectivity index is 2.38. The van der Waals surface area contributed by atoms with Gasteiger partial charge < -0.3 is 5.32 Å². The molecule has 0 radical (unpaired) electrons. The van der Waals surface area contributed by atoms with E-state index >= 15 is 0 Å². The number of benzene rings is 1. The second-order valence-electron chi connectivity index (χ2n) is 4.87. The molecule has 0 aliphatic heterocycles. The van der Waals surface area contributed by atoms with Gasteiger partial charge in [0.25, 0.3) is 0 Å². The molecule has 21 heavy (non-hydrogen) atoms. The van der Waals surface area contributed by atoms with Crippen molar-refractivity contribution in [3.63, 3.8) is 0 Å².